The van der Waals surface area contributed by atoms with Crippen molar-refractivity contribution in [3.8, 4) is 16.9 Å². The number of benzene rings is 1. The lowest BCUT2D eigenvalue weighted by Crippen LogP contribution is -2.07. The van der Waals surface area contributed by atoms with E-state index in [1.54, 1.807) is 18.3 Å². The highest BCUT2D eigenvalue weighted by Crippen LogP contribution is 2.33. The van der Waals surface area contributed by atoms with Crippen LogP contribution in [0, 0.1) is 10.1 Å². The van der Waals surface area contributed by atoms with E-state index in [0.717, 1.165) is 11.1 Å². The van der Waals surface area contributed by atoms with Gasteiger partial charge in [-0.25, -0.2) is 0 Å². The van der Waals surface area contributed by atoms with Gasteiger partial charge < -0.3 is 4.74 Å². The Morgan fingerprint density at radius 3 is 2.48 bits per heavy atom. The summed E-state index contributed by atoms with van der Waals surface area (Å²) in [7, 11) is 0. The molecule has 0 aliphatic rings. The summed E-state index contributed by atoms with van der Waals surface area (Å²) in [5, 5.41) is 15.3. The van der Waals surface area contributed by atoms with Gasteiger partial charge in [0, 0.05) is 23.9 Å². The molecule has 2 rings (SSSR count). The average molecular weight is 289 g/mol. The monoisotopic (exact) mass is 289 g/mol. The second-order valence-electron chi connectivity index (χ2n) is 5.41. The van der Waals surface area contributed by atoms with Crippen LogP contribution in [0.1, 0.15) is 33.7 Å². The largest absolute Gasteiger partial charge is 0.484 e. The molecule has 0 saturated carbocycles. The molecule has 1 aromatic heterocycles. The maximum atomic E-state index is 11.1. The van der Waals surface area contributed by atoms with Gasteiger partial charge in [0.15, 0.2) is 5.75 Å². The molecule has 0 unspecified atom stereocenters. The van der Waals surface area contributed by atoms with E-state index in [2.05, 4.69) is 5.10 Å². The summed E-state index contributed by atoms with van der Waals surface area (Å²) < 4.78 is 7.40. The molecular weight excluding hydrogens is 270 g/mol. The van der Waals surface area contributed by atoms with Crippen LogP contribution in [0.5, 0.6) is 5.75 Å². The number of nitrogens with zero attached hydrogens (tertiary/aromatic N) is 3. The van der Waals surface area contributed by atoms with E-state index in [4.69, 9.17) is 4.74 Å². The van der Waals surface area contributed by atoms with E-state index in [1.807, 2.05) is 38.6 Å². The summed E-state index contributed by atoms with van der Waals surface area (Å²) in [6.45, 7) is 7.76. The number of hydrogen-bond donors (Lipinski definition) is 0. The first-order chi connectivity index (χ1) is 9.88. The van der Waals surface area contributed by atoms with Gasteiger partial charge in [-0.15, -0.1) is 0 Å². The molecule has 21 heavy (non-hydrogen) atoms. The fourth-order valence-electron chi connectivity index (χ4n) is 1.96. The van der Waals surface area contributed by atoms with Gasteiger partial charge in [0.05, 0.1) is 17.2 Å². The van der Waals surface area contributed by atoms with Gasteiger partial charge in [-0.1, -0.05) is 0 Å². The normalized spacial score (nSPS) is 11.1. The molecular formula is C15H19N3O3. The summed E-state index contributed by atoms with van der Waals surface area (Å²) in [6.07, 6.45) is 3.54. The minimum Gasteiger partial charge on any atom is -0.484 e. The highest BCUT2D eigenvalue weighted by Gasteiger charge is 2.17. The van der Waals surface area contributed by atoms with Crippen LogP contribution in [0.2, 0.25) is 0 Å². The third-order valence-electron chi connectivity index (χ3n) is 2.98. The van der Waals surface area contributed by atoms with E-state index in [-0.39, 0.29) is 23.6 Å². The first-order valence-corrected chi connectivity index (χ1v) is 6.88. The molecule has 0 saturated heterocycles. The zero-order chi connectivity index (χ0) is 15.6. The highest BCUT2D eigenvalue weighted by molar-refractivity contribution is 5.67. The molecule has 0 aliphatic heterocycles. The Kier molecular flexibility index (Phi) is 4.26. The van der Waals surface area contributed by atoms with E-state index in [9.17, 15) is 10.1 Å². The van der Waals surface area contributed by atoms with Crippen molar-refractivity contribution in [3.05, 3.63) is 40.7 Å². The predicted molar refractivity (Wildman–Crippen MR) is 80.5 cm³/mol. The molecule has 1 aromatic carbocycles. The van der Waals surface area contributed by atoms with Crippen molar-refractivity contribution in [2.24, 2.45) is 0 Å². The standard InChI is InChI=1S/C15H19N3O3/c1-10(2)17-9-13(8-16-17)12-5-6-14(18(19)20)15(7-12)21-11(3)4/h5-11H,1-4H3. The van der Waals surface area contributed by atoms with Crippen LogP contribution in [-0.2, 0) is 0 Å². The summed E-state index contributed by atoms with van der Waals surface area (Å²) in [4.78, 5) is 10.6. The number of rotatable bonds is 5. The summed E-state index contributed by atoms with van der Waals surface area (Å²) >= 11 is 0. The Hall–Kier alpha value is -2.37. The second kappa shape index (κ2) is 5.95. The van der Waals surface area contributed by atoms with E-state index in [1.165, 1.54) is 6.07 Å². The van der Waals surface area contributed by atoms with Crippen LogP contribution < -0.4 is 4.74 Å². The van der Waals surface area contributed by atoms with Crippen LogP contribution in [0.25, 0.3) is 11.1 Å². The zero-order valence-electron chi connectivity index (χ0n) is 12.6. The minimum atomic E-state index is -0.432. The molecule has 0 atom stereocenters. The van der Waals surface area contributed by atoms with Crippen molar-refractivity contribution in [3.63, 3.8) is 0 Å². The van der Waals surface area contributed by atoms with Crippen molar-refractivity contribution in [1.82, 2.24) is 9.78 Å². The molecule has 0 radical (unpaired) electrons. The van der Waals surface area contributed by atoms with Gasteiger partial charge in [-0.05, 0) is 45.4 Å². The number of aromatic nitrogens is 2. The number of ether oxygens (including phenoxy) is 1. The lowest BCUT2D eigenvalue weighted by Gasteiger charge is -2.11. The smallest absolute Gasteiger partial charge is 0.310 e. The fourth-order valence-corrected chi connectivity index (χ4v) is 1.96. The van der Waals surface area contributed by atoms with Crippen LogP contribution in [-0.4, -0.2) is 20.8 Å². The van der Waals surface area contributed by atoms with Crippen LogP contribution in [0.3, 0.4) is 0 Å². The van der Waals surface area contributed by atoms with E-state index >= 15 is 0 Å². The Morgan fingerprint density at radius 2 is 1.95 bits per heavy atom. The van der Waals surface area contributed by atoms with Crippen molar-refractivity contribution in [2.75, 3.05) is 0 Å². The van der Waals surface area contributed by atoms with Crippen molar-refractivity contribution in [2.45, 2.75) is 39.8 Å². The molecule has 0 aliphatic carbocycles. The molecule has 6 nitrogen and oxygen atoms in total. The highest BCUT2D eigenvalue weighted by atomic mass is 16.6. The number of hydrogen-bond acceptors (Lipinski definition) is 4. The summed E-state index contributed by atoms with van der Waals surface area (Å²) in [6, 6.07) is 5.15. The molecule has 0 bridgehead atoms. The predicted octanol–water partition coefficient (Wildman–Crippen LogP) is 3.83. The molecule has 6 heteroatoms. The van der Waals surface area contributed by atoms with Crippen molar-refractivity contribution >= 4 is 5.69 Å². The number of nitro groups is 1. The minimum absolute atomic E-state index is 0.0244. The van der Waals surface area contributed by atoms with Gasteiger partial charge in [0.2, 0.25) is 0 Å². The second-order valence-corrected chi connectivity index (χ2v) is 5.41. The zero-order valence-corrected chi connectivity index (χ0v) is 12.6. The Balaban J connectivity index is 2.42. The Morgan fingerprint density at radius 1 is 1.24 bits per heavy atom. The van der Waals surface area contributed by atoms with Gasteiger partial charge >= 0.3 is 5.69 Å². The first-order valence-electron chi connectivity index (χ1n) is 6.88. The average Bonchev–Trinajstić information content (AvgIpc) is 2.87. The van der Waals surface area contributed by atoms with Crippen molar-refractivity contribution in [1.29, 1.82) is 0 Å². The lowest BCUT2D eigenvalue weighted by atomic mass is 10.1. The van der Waals surface area contributed by atoms with Gasteiger partial charge in [0.25, 0.3) is 0 Å². The number of nitro benzene ring substituents is 1. The SMILES string of the molecule is CC(C)Oc1cc(-c2cnn(C(C)C)c2)ccc1[N+](=O)[O-]. The lowest BCUT2D eigenvalue weighted by molar-refractivity contribution is -0.386. The van der Waals surface area contributed by atoms with Gasteiger partial charge in [-0.3, -0.25) is 14.8 Å². The van der Waals surface area contributed by atoms with E-state index in [0.29, 0.717) is 0 Å². The van der Waals surface area contributed by atoms with Gasteiger partial charge in [-0.2, -0.15) is 5.10 Å². The van der Waals surface area contributed by atoms with Crippen molar-refractivity contribution < 1.29 is 9.66 Å². The maximum absolute atomic E-state index is 11.1. The molecule has 1 heterocycles. The molecule has 0 spiro atoms. The third kappa shape index (κ3) is 3.39. The molecule has 2 aromatic rings. The van der Waals surface area contributed by atoms with Gasteiger partial charge in [0.1, 0.15) is 0 Å². The fraction of sp³-hybridized carbons (Fsp3) is 0.400. The Labute approximate surface area is 123 Å². The summed E-state index contributed by atoms with van der Waals surface area (Å²) in [5.41, 5.74) is 1.74. The van der Waals surface area contributed by atoms with E-state index < -0.39 is 4.92 Å². The molecule has 0 fully saturated rings. The van der Waals surface area contributed by atoms with Crippen LogP contribution >= 0.6 is 0 Å². The van der Waals surface area contributed by atoms with Crippen LogP contribution in [0.4, 0.5) is 5.69 Å². The maximum Gasteiger partial charge on any atom is 0.310 e. The molecule has 0 N–H and O–H groups in total. The first kappa shape index (κ1) is 15.0. The topological polar surface area (TPSA) is 70.2 Å². The molecule has 0 amide bonds. The molecule has 112 valence electrons. The Bertz CT molecular complexity index is 647. The quantitative estimate of drug-likeness (QED) is 0.619. The third-order valence-corrected chi connectivity index (χ3v) is 2.98. The summed E-state index contributed by atoms with van der Waals surface area (Å²) in [5.74, 6) is 0.282. The van der Waals surface area contributed by atoms with Crippen LogP contribution in [0.15, 0.2) is 30.6 Å².